The van der Waals surface area contributed by atoms with Crippen LogP contribution in [0, 0.1) is 0 Å². The van der Waals surface area contributed by atoms with E-state index in [1.54, 1.807) is 33.9 Å². The molecule has 1 aromatic heterocycles. The van der Waals surface area contributed by atoms with Gasteiger partial charge in [0.05, 0.1) is 38.1 Å². The fourth-order valence-electron chi connectivity index (χ4n) is 3.10. The van der Waals surface area contributed by atoms with Crippen LogP contribution < -0.4 is 5.32 Å². The number of carbonyl (C=O) groups excluding carboxylic acids is 2. The third kappa shape index (κ3) is 3.93. The quantitative estimate of drug-likeness (QED) is 0.813. The third-order valence-corrected chi connectivity index (χ3v) is 4.25. The Hall–Kier alpha value is -2.13. The van der Waals surface area contributed by atoms with Crippen LogP contribution >= 0.6 is 0 Å². The number of morpholine rings is 2. The molecule has 1 aromatic rings. The van der Waals surface area contributed by atoms with Crippen molar-refractivity contribution in [3.63, 3.8) is 0 Å². The smallest absolute Gasteiger partial charge is 0.317 e. The molecule has 2 saturated heterocycles. The number of hydrogen-bond acceptors (Lipinski definition) is 5. The Labute approximate surface area is 146 Å². The molecule has 25 heavy (non-hydrogen) atoms. The van der Waals surface area contributed by atoms with Crippen LogP contribution in [0.2, 0.25) is 0 Å². The van der Waals surface area contributed by atoms with Gasteiger partial charge in [-0.3, -0.25) is 9.48 Å². The van der Waals surface area contributed by atoms with Crippen molar-refractivity contribution in [1.82, 2.24) is 24.9 Å². The Morgan fingerprint density at radius 3 is 2.44 bits per heavy atom. The summed E-state index contributed by atoms with van der Waals surface area (Å²) in [5.74, 6) is -1.08. The lowest BCUT2D eigenvalue weighted by Gasteiger charge is -2.47. The molecule has 1 spiro atoms. The van der Waals surface area contributed by atoms with E-state index in [1.165, 1.54) is 0 Å². The predicted octanol–water partition coefficient (Wildman–Crippen LogP) is 0.0390. The lowest BCUT2D eigenvalue weighted by Crippen LogP contribution is -2.64. The lowest BCUT2D eigenvalue weighted by molar-refractivity contribution is -0.281. The van der Waals surface area contributed by atoms with Crippen LogP contribution in [-0.2, 0) is 16.5 Å². The van der Waals surface area contributed by atoms with Crippen molar-refractivity contribution in [2.45, 2.75) is 25.7 Å². The number of nitrogens with one attached hydrogen (secondary N) is 1. The third-order valence-electron chi connectivity index (χ3n) is 4.25. The monoisotopic (exact) mass is 351 g/mol. The van der Waals surface area contributed by atoms with Crippen LogP contribution in [0.15, 0.2) is 12.4 Å². The van der Waals surface area contributed by atoms with Crippen LogP contribution in [0.4, 0.5) is 4.79 Å². The number of amides is 3. The lowest BCUT2D eigenvalue weighted by atomic mass is 10.1. The second-order valence-corrected chi connectivity index (χ2v) is 6.76. The van der Waals surface area contributed by atoms with E-state index in [0.717, 1.165) is 0 Å². The summed E-state index contributed by atoms with van der Waals surface area (Å²) in [5.41, 5.74) is 0.532. The van der Waals surface area contributed by atoms with Crippen molar-refractivity contribution in [1.29, 1.82) is 0 Å². The summed E-state index contributed by atoms with van der Waals surface area (Å²) in [6.07, 6.45) is 3.24. The van der Waals surface area contributed by atoms with Gasteiger partial charge in [0, 0.05) is 32.4 Å². The molecule has 1 atom stereocenters. The summed E-state index contributed by atoms with van der Waals surface area (Å²) in [5, 5.41) is 6.93. The van der Waals surface area contributed by atoms with E-state index in [2.05, 4.69) is 10.4 Å². The van der Waals surface area contributed by atoms with E-state index in [4.69, 9.17) is 9.47 Å². The van der Waals surface area contributed by atoms with Crippen LogP contribution in [0.25, 0.3) is 0 Å². The maximum atomic E-state index is 12.7. The molecule has 3 rings (SSSR count). The van der Waals surface area contributed by atoms with E-state index in [0.29, 0.717) is 38.4 Å². The molecule has 2 aliphatic rings. The van der Waals surface area contributed by atoms with E-state index in [-0.39, 0.29) is 24.5 Å². The first-order valence-corrected chi connectivity index (χ1v) is 8.50. The SMILES string of the molecule is CC(C)NC(=O)N1CCOC2(C1)CN(C(=O)c1cnn(C)c1)CCO2. The highest BCUT2D eigenvalue weighted by Gasteiger charge is 2.44. The highest BCUT2D eigenvalue weighted by molar-refractivity contribution is 5.93. The minimum atomic E-state index is -0.970. The molecule has 3 amide bonds. The normalized spacial score (nSPS) is 24.0. The van der Waals surface area contributed by atoms with Gasteiger partial charge >= 0.3 is 6.03 Å². The van der Waals surface area contributed by atoms with Gasteiger partial charge in [0.25, 0.3) is 5.91 Å². The zero-order valence-corrected chi connectivity index (χ0v) is 14.9. The Morgan fingerprint density at radius 2 is 1.84 bits per heavy atom. The number of aryl methyl sites for hydroxylation is 1. The molecule has 9 nitrogen and oxygen atoms in total. The molecule has 0 aliphatic carbocycles. The zero-order chi connectivity index (χ0) is 18.0. The van der Waals surface area contributed by atoms with Gasteiger partial charge in [0.1, 0.15) is 0 Å². The molecule has 0 bridgehead atoms. The van der Waals surface area contributed by atoms with Crippen LogP contribution in [0.5, 0.6) is 0 Å². The summed E-state index contributed by atoms with van der Waals surface area (Å²) in [7, 11) is 1.77. The van der Waals surface area contributed by atoms with Gasteiger partial charge in [0.15, 0.2) is 0 Å². The topological polar surface area (TPSA) is 88.9 Å². The van der Waals surface area contributed by atoms with E-state index < -0.39 is 5.79 Å². The molecule has 1 unspecified atom stereocenters. The largest absolute Gasteiger partial charge is 0.345 e. The number of ether oxygens (including phenoxy) is 2. The van der Waals surface area contributed by atoms with Gasteiger partial charge in [0.2, 0.25) is 5.79 Å². The van der Waals surface area contributed by atoms with E-state index in [1.807, 2.05) is 13.8 Å². The highest BCUT2D eigenvalue weighted by Crippen LogP contribution is 2.25. The van der Waals surface area contributed by atoms with Gasteiger partial charge < -0.3 is 24.6 Å². The molecule has 2 fully saturated rings. The van der Waals surface area contributed by atoms with Gasteiger partial charge in [-0.05, 0) is 13.8 Å². The van der Waals surface area contributed by atoms with E-state index >= 15 is 0 Å². The fourth-order valence-corrected chi connectivity index (χ4v) is 3.10. The summed E-state index contributed by atoms with van der Waals surface area (Å²) >= 11 is 0. The molecule has 2 aliphatic heterocycles. The van der Waals surface area contributed by atoms with Crippen LogP contribution in [0.3, 0.4) is 0 Å². The maximum absolute atomic E-state index is 12.7. The van der Waals surface area contributed by atoms with Gasteiger partial charge in [-0.2, -0.15) is 5.10 Å². The van der Waals surface area contributed by atoms with E-state index in [9.17, 15) is 9.59 Å². The standard InChI is InChI=1S/C16H25N5O4/c1-12(2)18-15(23)21-5-7-25-16(11-21)10-20(4-6-24-16)14(22)13-8-17-19(3)9-13/h8-9,12H,4-7,10-11H2,1-3H3,(H,18,23). The first kappa shape index (κ1) is 17.7. The zero-order valence-electron chi connectivity index (χ0n) is 14.9. The summed E-state index contributed by atoms with van der Waals surface area (Å²) in [4.78, 5) is 28.3. The Kier molecular flexibility index (Phi) is 4.96. The Balaban J connectivity index is 1.68. The second-order valence-electron chi connectivity index (χ2n) is 6.76. The van der Waals surface area contributed by atoms with Crippen molar-refractivity contribution in [2.75, 3.05) is 39.4 Å². The summed E-state index contributed by atoms with van der Waals surface area (Å²) in [6.45, 7) is 6.14. The fraction of sp³-hybridized carbons (Fsp3) is 0.688. The van der Waals surface area contributed by atoms with Crippen molar-refractivity contribution < 1.29 is 19.1 Å². The number of urea groups is 1. The second kappa shape index (κ2) is 7.01. The molecule has 0 saturated carbocycles. The first-order valence-electron chi connectivity index (χ1n) is 8.50. The Morgan fingerprint density at radius 1 is 1.20 bits per heavy atom. The van der Waals surface area contributed by atoms with Gasteiger partial charge in [-0.15, -0.1) is 0 Å². The minimum absolute atomic E-state index is 0.0576. The summed E-state index contributed by atoms with van der Waals surface area (Å²) in [6, 6.07) is -0.0841. The van der Waals surface area contributed by atoms with Crippen molar-refractivity contribution >= 4 is 11.9 Å². The number of nitrogens with zero attached hydrogens (tertiary/aromatic N) is 4. The number of rotatable bonds is 2. The minimum Gasteiger partial charge on any atom is -0.345 e. The maximum Gasteiger partial charge on any atom is 0.317 e. The first-order chi connectivity index (χ1) is 11.9. The average Bonchev–Trinajstić information content (AvgIpc) is 3.00. The highest BCUT2D eigenvalue weighted by atomic mass is 16.7. The van der Waals surface area contributed by atoms with Crippen LogP contribution in [-0.4, -0.2) is 82.7 Å². The van der Waals surface area contributed by atoms with Crippen molar-refractivity contribution in [3.05, 3.63) is 18.0 Å². The predicted molar refractivity (Wildman–Crippen MR) is 89.0 cm³/mol. The number of hydrogen-bond donors (Lipinski definition) is 1. The molecule has 9 heteroatoms. The summed E-state index contributed by atoms with van der Waals surface area (Å²) < 4.78 is 13.3. The van der Waals surface area contributed by atoms with Crippen molar-refractivity contribution in [2.24, 2.45) is 7.05 Å². The number of aromatic nitrogens is 2. The molecule has 138 valence electrons. The number of carbonyl (C=O) groups is 2. The van der Waals surface area contributed by atoms with Gasteiger partial charge in [-0.25, -0.2) is 4.79 Å². The van der Waals surface area contributed by atoms with Gasteiger partial charge in [-0.1, -0.05) is 0 Å². The molecule has 0 radical (unpaired) electrons. The average molecular weight is 351 g/mol. The Bertz CT molecular complexity index is 642. The molecular weight excluding hydrogens is 326 g/mol. The van der Waals surface area contributed by atoms with Crippen LogP contribution in [0.1, 0.15) is 24.2 Å². The molecule has 0 aromatic carbocycles. The molecule has 3 heterocycles. The van der Waals surface area contributed by atoms with Crippen molar-refractivity contribution in [3.8, 4) is 0 Å². The molecular formula is C16H25N5O4. The molecule has 1 N–H and O–H groups in total.